The van der Waals surface area contributed by atoms with Crippen molar-refractivity contribution >= 4 is 29.3 Å². The summed E-state index contributed by atoms with van der Waals surface area (Å²) in [6.07, 6.45) is -0.954. The summed E-state index contributed by atoms with van der Waals surface area (Å²) in [4.78, 5) is 44.0. The van der Waals surface area contributed by atoms with Crippen LogP contribution in [0.25, 0.3) is 11.1 Å². The molecule has 3 aromatic rings. The van der Waals surface area contributed by atoms with Crippen LogP contribution in [0.2, 0.25) is 0 Å². The fourth-order valence-electron chi connectivity index (χ4n) is 5.17. The lowest BCUT2D eigenvalue weighted by atomic mass is 9.93. The van der Waals surface area contributed by atoms with E-state index in [1.54, 1.807) is 51.2 Å². The molecule has 43 heavy (non-hydrogen) atoms. The maximum atomic E-state index is 13.2. The molecule has 2 heterocycles. The van der Waals surface area contributed by atoms with Crippen molar-refractivity contribution in [2.24, 2.45) is 5.92 Å². The number of nitrogens with one attached hydrogen (secondary N) is 2. The van der Waals surface area contributed by atoms with Gasteiger partial charge in [-0.15, -0.1) is 0 Å². The number of piperidine rings is 1. The van der Waals surface area contributed by atoms with Gasteiger partial charge in [0.15, 0.2) is 0 Å². The zero-order chi connectivity index (χ0) is 31.1. The van der Waals surface area contributed by atoms with Gasteiger partial charge in [-0.3, -0.25) is 9.59 Å². The van der Waals surface area contributed by atoms with Gasteiger partial charge < -0.3 is 20.3 Å². The molecule has 0 aliphatic carbocycles. The minimum atomic E-state index is -4.44. The minimum Gasteiger partial charge on any atom is -0.464 e. The Bertz CT molecular complexity index is 1430. The summed E-state index contributed by atoms with van der Waals surface area (Å²) in [5, 5.41) is 5.54. The number of ether oxygens (including phenoxy) is 1. The molecule has 0 spiro atoms. The van der Waals surface area contributed by atoms with Crippen LogP contribution in [0.3, 0.4) is 0 Å². The molecule has 1 saturated heterocycles. The van der Waals surface area contributed by atoms with E-state index in [1.807, 2.05) is 6.07 Å². The average Bonchev–Trinajstić information content (AvgIpc) is 2.97. The second-order valence-electron chi connectivity index (χ2n) is 10.6. The zero-order valence-electron chi connectivity index (χ0n) is 24.3. The van der Waals surface area contributed by atoms with E-state index in [1.165, 1.54) is 12.1 Å². The number of rotatable bonds is 9. The van der Waals surface area contributed by atoms with Crippen LogP contribution in [0, 0.1) is 12.8 Å². The Morgan fingerprint density at radius 2 is 1.74 bits per heavy atom. The first-order valence-corrected chi connectivity index (χ1v) is 14.2. The maximum absolute atomic E-state index is 13.2. The topological polar surface area (TPSA) is 101 Å². The Labute approximate surface area is 248 Å². The van der Waals surface area contributed by atoms with Crippen molar-refractivity contribution in [2.75, 3.05) is 29.9 Å². The average molecular weight is 597 g/mol. The van der Waals surface area contributed by atoms with Crippen LogP contribution < -0.4 is 15.5 Å². The molecule has 0 radical (unpaired) electrons. The first-order chi connectivity index (χ1) is 20.5. The highest BCUT2D eigenvalue weighted by Crippen LogP contribution is 2.33. The largest absolute Gasteiger partial charge is 0.464 e. The quantitative estimate of drug-likeness (QED) is 0.294. The summed E-state index contributed by atoms with van der Waals surface area (Å²) in [5.74, 6) is -0.0816. The Balaban J connectivity index is 1.34. The highest BCUT2D eigenvalue weighted by Gasteiger charge is 2.30. The number of benzene rings is 2. The van der Waals surface area contributed by atoms with Gasteiger partial charge in [-0.05, 0) is 86.6 Å². The van der Waals surface area contributed by atoms with E-state index in [2.05, 4.69) is 20.5 Å². The summed E-state index contributed by atoms with van der Waals surface area (Å²) in [5.41, 5.74) is 1.90. The number of pyridine rings is 1. The molecular formula is C32H35F3N4O4. The summed E-state index contributed by atoms with van der Waals surface area (Å²) < 4.78 is 44.0. The number of hydrogen-bond donors (Lipinski definition) is 2. The molecule has 1 aliphatic rings. The van der Waals surface area contributed by atoms with Crippen LogP contribution in [0.1, 0.15) is 54.6 Å². The van der Waals surface area contributed by atoms with Gasteiger partial charge in [0.1, 0.15) is 11.9 Å². The van der Waals surface area contributed by atoms with Gasteiger partial charge in [-0.2, -0.15) is 13.2 Å². The predicted molar refractivity (Wildman–Crippen MR) is 158 cm³/mol. The summed E-state index contributed by atoms with van der Waals surface area (Å²) in [6.45, 7) is 6.82. The standard InChI is InChI=1S/C32H35F3N4O4/c1-4-43-31(42)21(3)37-28(40)18-22-14-16-39(17-15-22)27-13-12-25(19-36-27)38-30(41)26-7-5-6-20(2)29(26)23-8-10-24(11-9-23)32(33,34)35/h5-13,19,21-22H,4,14-18H2,1-3H3,(H,37,40)(H,38,41)/t21-/m0/s1. The third-order valence-corrected chi connectivity index (χ3v) is 7.45. The number of carbonyl (C=O) groups is 3. The van der Waals surface area contributed by atoms with Crippen molar-refractivity contribution in [3.05, 3.63) is 77.5 Å². The number of esters is 1. The second kappa shape index (κ2) is 13.7. The fourth-order valence-corrected chi connectivity index (χ4v) is 5.17. The van der Waals surface area contributed by atoms with Crippen molar-refractivity contribution in [1.82, 2.24) is 10.3 Å². The first kappa shape index (κ1) is 31.5. The molecule has 2 aromatic carbocycles. The second-order valence-corrected chi connectivity index (χ2v) is 10.6. The summed E-state index contributed by atoms with van der Waals surface area (Å²) in [6, 6.07) is 12.8. The summed E-state index contributed by atoms with van der Waals surface area (Å²) in [7, 11) is 0. The molecule has 228 valence electrons. The van der Waals surface area contributed by atoms with Gasteiger partial charge in [0.2, 0.25) is 5.91 Å². The first-order valence-electron chi connectivity index (χ1n) is 14.2. The molecule has 2 amide bonds. The van der Waals surface area contributed by atoms with Crippen molar-refractivity contribution in [3.8, 4) is 11.1 Å². The van der Waals surface area contributed by atoms with E-state index in [0.717, 1.165) is 36.4 Å². The zero-order valence-corrected chi connectivity index (χ0v) is 24.3. The van der Waals surface area contributed by atoms with E-state index < -0.39 is 29.7 Å². The van der Waals surface area contributed by atoms with Crippen molar-refractivity contribution in [1.29, 1.82) is 0 Å². The Morgan fingerprint density at radius 1 is 1.05 bits per heavy atom. The number of alkyl halides is 3. The van der Waals surface area contributed by atoms with Crippen molar-refractivity contribution in [3.63, 3.8) is 0 Å². The Hall–Kier alpha value is -4.41. The van der Waals surface area contributed by atoms with Gasteiger partial charge >= 0.3 is 12.1 Å². The van der Waals surface area contributed by atoms with E-state index in [0.29, 0.717) is 41.9 Å². The van der Waals surface area contributed by atoms with E-state index in [4.69, 9.17) is 4.74 Å². The third-order valence-electron chi connectivity index (χ3n) is 7.45. The lowest BCUT2D eigenvalue weighted by Crippen LogP contribution is -2.41. The maximum Gasteiger partial charge on any atom is 0.416 e. The van der Waals surface area contributed by atoms with E-state index in [-0.39, 0.29) is 18.4 Å². The van der Waals surface area contributed by atoms with Gasteiger partial charge in [0.05, 0.1) is 24.1 Å². The Kier molecular flexibility index (Phi) is 10.1. The van der Waals surface area contributed by atoms with Crippen LogP contribution in [0.15, 0.2) is 60.8 Å². The molecule has 8 nitrogen and oxygen atoms in total. The van der Waals surface area contributed by atoms with Crippen LogP contribution in [-0.4, -0.2) is 48.5 Å². The summed E-state index contributed by atoms with van der Waals surface area (Å²) >= 11 is 0. The third kappa shape index (κ3) is 8.12. The molecule has 0 saturated carbocycles. The van der Waals surface area contributed by atoms with Crippen molar-refractivity contribution in [2.45, 2.75) is 52.3 Å². The number of hydrogen-bond acceptors (Lipinski definition) is 6. The van der Waals surface area contributed by atoms with E-state index in [9.17, 15) is 27.6 Å². The molecule has 1 aliphatic heterocycles. The van der Waals surface area contributed by atoms with Crippen LogP contribution >= 0.6 is 0 Å². The Morgan fingerprint density at radius 3 is 2.35 bits per heavy atom. The highest BCUT2D eigenvalue weighted by molar-refractivity contribution is 6.09. The number of amides is 2. The fraction of sp³-hybridized carbons (Fsp3) is 0.375. The smallest absolute Gasteiger partial charge is 0.416 e. The number of nitrogens with zero attached hydrogens (tertiary/aromatic N) is 2. The molecule has 0 bridgehead atoms. The molecule has 0 unspecified atom stereocenters. The van der Waals surface area contributed by atoms with Gasteiger partial charge in [0, 0.05) is 25.1 Å². The van der Waals surface area contributed by atoms with Gasteiger partial charge in [-0.25, -0.2) is 9.78 Å². The van der Waals surface area contributed by atoms with Gasteiger partial charge in [-0.1, -0.05) is 24.3 Å². The number of anilines is 2. The lowest BCUT2D eigenvalue weighted by Gasteiger charge is -2.32. The van der Waals surface area contributed by atoms with Crippen LogP contribution in [0.5, 0.6) is 0 Å². The number of carbonyl (C=O) groups excluding carboxylic acids is 3. The molecule has 1 aromatic heterocycles. The van der Waals surface area contributed by atoms with Crippen LogP contribution in [0.4, 0.5) is 24.7 Å². The normalized spacial score (nSPS) is 14.6. The van der Waals surface area contributed by atoms with Crippen LogP contribution in [-0.2, 0) is 20.5 Å². The molecule has 11 heteroatoms. The highest BCUT2D eigenvalue weighted by atomic mass is 19.4. The molecule has 1 fully saturated rings. The van der Waals surface area contributed by atoms with Gasteiger partial charge in [0.25, 0.3) is 5.91 Å². The monoisotopic (exact) mass is 596 g/mol. The number of aromatic nitrogens is 1. The molecule has 4 rings (SSSR count). The molecule has 1 atom stereocenters. The van der Waals surface area contributed by atoms with E-state index >= 15 is 0 Å². The molecular weight excluding hydrogens is 561 g/mol. The molecule has 2 N–H and O–H groups in total. The predicted octanol–water partition coefficient (Wildman–Crippen LogP) is 6.00. The minimum absolute atomic E-state index is 0.174. The lowest BCUT2D eigenvalue weighted by molar-refractivity contribution is -0.147. The number of aryl methyl sites for hydroxylation is 1. The number of halogens is 3. The SMILES string of the molecule is CCOC(=O)[C@H](C)NC(=O)CC1CCN(c2ccc(NC(=O)c3cccc(C)c3-c3ccc(C(F)(F)F)cc3)cn2)CC1. The van der Waals surface area contributed by atoms with Crippen molar-refractivity contribution < 1.29 is 32.3 Å².